The summed E-state index contributed by atoms with van der Waals surface area (Å²) in [7, 11) is 0. The third-order valence-electron chi connectivity index (χ3n) is 4.52. The first-order valence-corrected chi connectivity index (χ1v) is 7.67. The summed E-state index contributed by atoms with van der Waals surface area (Å²) in [5, 5.41) is 13.7. The monoisotopic (exact) mass is 298 g/mol. The lowest BCUT2D eigenvalue weighted by atomic mass is 9.76. The van der Waals surface area contributed by atoms with Crippen molar-refractivity contribution in [2.45, 2.75) is 25.3 Å². The Kier molecular flexibility index (Phi) is 4.15. The van der Waals surface area contributed by atoms with Crippen molar-refractivity contribution in [3.05, 3.63) is 28.5 Å². The van der Waals surface area contributed by atoms with E-state index in [1.807, 2.05) is 0 Å². The van der Waals surface area contributed by atoms with Gasteiger partial charge in [-0.2, -0.15) is 0 Å². The van der Waals surface area contributed by atoms with E-state index >= 15 is 0 Å². The average molecular weight is 299 g/mol. The summed E-state index contributed by atoms with van der Waals surface area (Å²) in [6.07, 6.45) is 3.50. The van der Waals surface area contributed by atoms with E-state index < -0.39 is 0 Å². The van der Waals surface area contributed by atoms with Crippen LogP contribution in [-0.4, -0.2) is 36.2 Å². The third kappa shape index (κ3) is 2.65. The van der Waals surface area contributed by atoms with E-state index in [-0.39, 0.29) is 22.6 Å². The minimum absolute atomic E-state index is 0.0449. The number of phenols is 1. The normalized spacial score (nSPS) is 22.5. The zero-order valence-corrected chi connectivity index (χ0v) is 12.2. The minimum Gasteiger partial charge on any atom is -0.506 e. The number of hydrogen-bond donors (Lipinski definition) is 2. The molecule has 20 heavy (non-hydrogen) atoms. The molecule has 2 aliphatic rings. The topological polar surface area (TPSA) is 35.5 Å². The van der Waals surface area contributed by atoms with E-state index in [4.69, 9.17) is 11.6 Å². The predicted molar refractivity (Wildman–Crippen MR) is 77.6 cm³/mol. The second-order valence-electron chi connectivity index (χ2n) is 5.75. The van der Waals surface area contributed by atoms with Gasteiger partial charge in [-0.05, 0) is 30.9 Å². The van der Waals surface area contributed by atoms with Gasteiger partial charge in [0.15, 0.2) is 0 Å². The Balaban J connectivity index is 1.96. The molecule has 0 amide bonds. The highest BCUT2D eigenvalue weighted by atomic mass is 35.5. The van der Waals surface area contributed by atoms with Gasteiger partial charge in [0.2, 0.25) is 0 Å². The molecule has 1 aliphatic heterocycles. The highest BCUT2D eigenvalue weighted by molar-refractivity contribution is 6.32. The fourth-order valence-corrected chi connectivity index (χ4v) is 3.49. The van der Waals surface area contributed by atoms with Gasteiger partial charge in [-0.25, -0.2) is 4.39 Å². The maximum Gasteiger partial charge on any atom is 0.139 e. The van der Waals surface area contributed by atoms with E-state index in [0.717, 1.165) is 39.0 Å². The number of piperazine rings is 1. The van der Waals surface area contributed by atoms with Crippen LogP contribution >= 0.6 is 11.6 Å². The number of rotatable bonds is 3. The van der Waals surface area contributed by atoms with Gasteiger partial charge in [0.05, 0.1) is 5.02 Å². The molecule has 1 saturated heterocycles. The smallest absolute Gasteiger partial charge is 0.139 e. The second-order valence-corrected chi connectivity index (χ2v) is 6.15. The van der Waals surface area contributed by atoms with E-state index in [0.29, 0.717) is 11.5 Å². The fourth-order valence-electron chi connectivity index (χ4n) is 3.28. The lowest BCUT2D eigenvalue weighted by molar-refractivity contribution is 0.0817. The molecule has 1 heterocycles. The van der Waals surface area contributed by atoms with Gasteiger partial charge in [-0.3, -0.25) is 4.90 Å². The van der Waals surface area contributed by atoms with Gasteiger partial charge in [0.25, 0.3) is 0 Å². The first-order chi connectivity index (χ1) is 9.66. The number of phenolic OH excluding ortho intramolecular Hbond substituents is 1. The minimum atomic E-state index is -0.373. The van der Waals surface area contributed by atoms with Crippen molar-refractivity contribution >= 4 is 11.6 Å². The average Bonchev–Trinajstić information content (AvgIpc) is 2.39. The van der Waals surface area contributed by atoms with Gasteiger partial charge < -0.3 is 10.4 Å². The molecule has 5 heteroatoms. The largest absolute Gasteiger partial charge is 0.506 e. The Hall–Kier alpha value is -0.840. The zero-order valence-electron chi connectivity index (χ0n) is 11.4. The van der Waals surface area contributed by atoms with E-state index in [2.05, 4.69) is 10.2 Å². The summed E-state index contributed by atoms with van der Waals surface area (Å²) in [6.45, 7) is 3.73. The molecule has 1 aromatic carbocycles. The Morgan fingerprint density at radius 2 is 2.00 bits per heavy atom. The quantitative estimate of drug-likeness (QED) is 0.900. The van der Waals surface area contributed by atoms with Gasteiger partial charge >= 0.3 is 0 Å². The number of nitrogens with zero attached hydrogens (tertiary/aromatic N) is 1. The van der Waals surface area contributed by atoms with Crippen LogP contribution in [0.2, 0.25) is 5.02 Å². The van der Waals surface area contributed by atoms with Crippen molar-refractivity contribution in [1.29, 1.82) is 0 Å². The van der Waals surface area contributed by atoms with Gasteiger partial charge in [0.1, 0.15) is 11.6 Å². The molecule has 2 fully saturated rings. The van der Waals surface area contributed by atoms with Crippen molar-refractivity contribution in [3.8, 4) is 5.75 Å². The number of benzene rings is 1. The summed E-state index contributed by atoms with van der Waals surface area (Å²) in [6, 6.07) is 2.71. The molecule has 110 valence electrons. The second kappa shape index (κ2) is 5.88. The molecular formula is C15H20ClFN2O. The lowest BCUT2D eigenvalue weighted by Gasteiger charge is -2.43. The Bertz CT molecular complexity index is 487. The van der Waals surface area contributed by atoms with Crippen LogP contribution in [0.3, 0.4) is 0 Å². The number of aromatic hydroxyl groups is 1. The molecule has 0 radical (unpaired) electrons. The summed E-state index contributed by atoms with van der Waals surface area (Å²) in [5.74, 6) is 0.169. The van der Waals surface area contributed by atoms with Crippen molar-refractivity contribution in [3.63, 3.8) is 0 Å². The summed E-state index contributed by atoms with van der Waals surface area (Å²) in [5.41, 5.74) is 0.654. The molecule has 1 atom stereocenters. The molecular weight excluding hydrogens is 279 g/mol. The molecule has 0 aromatic heterocycles. The van der Waals surface area contributed by atoms with Crippen molar-refractivity contribution < 1.29 is 9.50 Å². The standard InChI is InChI=1S/C15H20ClFN2O/c16-13-9-11(17)8-12(15(13)20)14(10-2-1-3-10)19-6-4-18-5-7-19/h8-10,14,18,20H,1-7H2/t14-/m1/s1. The van der Waals surface area contributed by atoms with Crippen LogP contribution in [0, 0.1) is 11.7 Å². The van der Waals surface area contributed by atoms with Gasteiger partial charge in [-0.15, -0.1) is 0 Å². The van der Waals surface area contributed by atoms with Crippen LogP contribution in [0.1, 0.15) is 30.9 Å². The molecule has 2 N–H and O–H groups in total. The first-order valence-electron chi connectivity index (χ1n) is 7.29. The Morgan fingerprint density at radius 1 is 1.30 bits per heavy atom. The number of hydrogen-bond acceptors (Lipinski definition) is 3. The van der Waals surface area contributed by atoms with Crippen LogP contribution in [0.4, 0.5) is 4.39 Å². The highest BCUT2D eigenvalue weighted by Gasteiger charge is 2.35. The number of nitrogens with one attached hydrogen (secondary N) is 1. The van der Waals surface area contributed by atoms with Gasteiger partial charge in [-0.1, -0.05) is 18.0 Å². The van der Waals surface area contributed by atoms with Crippen LogP contribution in [-0.2, 0) is 0 Å². The summed E-state index contributed by atoms with van der Waals surface area (Å²) in [4.78, 5) is 2.35. The first kappa shape index (κ1) is 14.1. The van der Waals surface area contributed by atoms with E-state index in [1.54, 1.807) is 0 Å². The maximum atomic E-state index is 13.7. The van der Waals surface area contributed by atoms with Crippen LogP contribution in [0.5, 0.6) is 5.75 Å². The SMILES string of the molecule is Oc1c(Cl)cc(F)cc1[C@@H](C1CCC1)N1CCNCC1. The molecule has 1 aromatic rings. The Labute approximate surface area is 123 Å². The van der Waals surface area contributed by atoms with Crippen molar-refractivity contribution in [2.24, 2.45) is 5.92 Å². The van der Waals surface area contributed by atoms with Crippen LogP contribution < -0.4 is 5.32 Å². The van der Waals surface area contributed by atoms with Crippen molar-refractivity contribution in [2.75, 3.05) is 26.2 Å². The highest BCUT2D eigenvalue weighted by Crippen LogP contribution is 2.45. The van der Waals surface area contributed by atoms with E-state index in [1.165, 1.54) is 18.6 Å². The number of halogens is 2. The molecule has 1 saturated carbocycles. The van der Waals surface area contributed by atoms with Crippen LogP contribution in [0.25, 0.3) is 0 Å². The molecule has 3 nitrogen and oxygen atoms in total. The molecule has 3 rings (SSSR count). The van der Waals surface area contributed by atoms with E-state index in [9.17, 15) is 9.50 Å². The molecule has 0 bridgehead atoms. The summed E-state index contributed by atoms with van der Waals surface area (Å²) >= 11 is 5.95. The van der Waals surface area contributed by atoms with Crippen LogP contribution in [0.15, 0.2) is 12.1 Å². The van der Waals surface area contributed by atoms with Gasteiger partial charge in [0, 0.05) is 37.8 Å². The Morgan fingerprint density at radius 3 is 2.60 bits per heavy atom. The maximum absolute atomic E-state index is 13.7. The summed E-state index contributed by atoms with van der Waals surface area (Å²) < 4.78 is 13.7. The molecule has 0 spiro atoms. The molecule has 0 unspecified atom stereocenters. The fraction of sp³-hybridized carbons (Fsp3) is 0.600. The lowest BCUT2D eigenvalue weighted by Crippen LogP contribution is -2.47. The predicted octanol–water partition coefficient (Wildman–Crippen LogP) is 2.93. The molecule has 1 aliphatic carbocycles. The van der Waals surface area contributed by atoms with Crippen molar-refractivity contribution in [1.82, 2.24) is 10.2 Å². The third-order valence-corrected chi connectivity index (χ3v) is 4.81. The zero-order chi connectivity index (χ0) is 14.1.